The van der Waals surface area contributed by atoms with E-state index in [0.29, 0.717) is 13.1 Å². The Morgan fingerprint density at radius 3 is 2.57 bits per heavy atom. The second kappa shape index (κ2) is 7.76. The number of unbranched alkanes of at least 4 members (excludes halogenated alkanes) is 1. The molecule has 0 radical (unpaired) electrons. The van der Waals surface area contributed by atoms with Crippen molar-refractivity contribution in [3.8, 4) is 0 Å². The monoisotopic (exact) mass is 201 g/mol. The van der Waals surface area contributed by atoms with E-state index in [4.69, 9.17) is 11.5 Å². The number of nitrogens with one attached hydrogen (secondary N) is 1. The first kappa shape index (κ1) is 13.4. The lowest BCUT2D eigenvalue weighted by Crippen LogP contribution is -2.44. The Kier molecular flexibility index (Phi) is 7.42. The number of carbonyl (C=O) groups is 1. The van der Waals surface area contributed by atoms with Crippen LogP contribution in [0.4, 0.5) is 0 Å². The van der Waals surface area contributed by atoms with Crippen LogP contribution in [-0.4, -0.2) is 25.0 Å². The lowest BCUT2D eigenvalue weighted by molar-refractivity contribution is -0.123. The van der Waals surface area contributed by atoms with Crippen molar-refractivity contribution in [2.24, 2.45) is 17.4 Å². The molecule has 4 heteroatoms. The van der Waals surface area contributed by atoms with Gasteiger partial charge in [-0.2, -0.15) is 0 Å². The topological polar surface area (TPSA) is 81.1 Å². The third-order valence-corrected chi connectivity index (χ3v) is 2.49. The molecule has 0 heterocycles. The maximum absolute atomic E-state index is 11.4. The summed E-state index contributed by atoms with van der Waals surface area (Å²) in [6.45, 7) is 5.38. The van der Waals surface area contributed by atoms with E-state index in [0.717, 1.165) is 19.3 Å². The van der Waals surface area contributed by atoms with Gasteiger partial charge in [0, 0.05) is 6.54 Å². The van der Waals surface area contributed by atoms with Gasteiger partial charge in [0.05, 0.1) is 6.04 Å². The fourth-order valence-corrected chi connectivity index (χ4v) is 1.11. The molecule has 84 valence electrons. The van der Waals surface area contributed by atoms with E-state index >= 15 is 0 Å². The lowest BCUT2D eigenvalue weighted by Gasteiger charge is -2.17. The average molecular weight is 201 g/mol. The predicted molar refractivity (Wildman–Crippen MR) is 58.7 cm³/mol. The third-order valence-electron chi connectivity index (χ3n) is 2.49. The molecule has 0 aromatic carbocycles. The molecule has 0 unspecified atom stereocenters. The minimum Gasteiger partial charge on any atom is -0.355 e. The molecule has 0 saturated heterocycles. The maximum atomic E-state index is 11.4. The van der Waals surface area contributed by atoms with Crippen molar-refractivity contribution in [1.82, 2.24) is 5.32 Å². The second-order valence-corrected chi connectivity index (χ2v) is 3.70. The summed E-state index contributed by atoms with van der Waals surface area (Å²) in [6.07, 6.45) is 2.80. The van der Waals surface area contributed by atoms with Crippen LogP contribution in [0.1, 0.15) is 33.1 Å². The van der Waals surface area contributed by atoms with Gasteiger partial charge in [-0.05, 0) is 25.3 Å². The Morgan fingerprint density at radius 1 is 1.43 bits per heavy atom. The number of nitrogens with two attached hydrogens (primary N) is 2. The van der Waals surface area contributed by atoms with E-state index in [2.05, 4.69) is 5.32 Å². The van der Waals surface area contributed by atoms with Crippen molar-refractivity contribution in [3.05, 3.63) is 0 Å². The molecule has 5 N–H and O–H groups in total. The summed E-state index contributed by atoms with van der Waals surface area (Å²) < 4.78 is 0. The van der Waals surface area contributed by atoms with Gasteiger partial charge in [-0.25, -0.2) is 0 Å². The molecular formula is C10H23N3O. The van der Waals surface area contributed by atoms with Crippen LogP contribution in [0.3, 0.4) is 0 Å². The smallest absolute Gasteiger partial charge is 0.237 e. The Labute approximate surface area is 86.4 Å². The highest BCUT2D eigenvalue weighted by molar-refractivity contribution is 5.81. The van der Waals surface area contributed by atoms with Gasteiger partial charge in [0.2, 0.25) is 5.91 Å². The van der Waals surface area contributed by atoms with E-state index in [1.165, 1.54) is 0 Å². The van der Waals surface area contributed by atoms with Crippen molar-refractivity contribution in [1.29, 1.82) is 0 Å². The van der Waals surface area contributed by atoms with E-state index in [1.807, 2.05) is 13.8 Å². The normalized spacial score (nSPS) is 14.9. The fourth-order valence-electron chi connectivity index (χ4n) is 1.11. The van der Waals surface area contributed by atoms with Gasteiger partial charge in [0.15, 0.2) is 0 Å². The highest BCUT2D eigenvalue weighted by Gasteiger charge is 2.18. The summed E-state index contributed by atoms with van der Waals surface area (Å²) in [5.74, 6) is 0.195. The Bertz CT molecular complexity index is 161. The zero-order valence-corrected chi connectivity index (χ0v) is 9.25. The molecule has 0 aromatic rings. The first-order valence-electron chi connectivity index (χ1n) is 5.36. The molecule has 0 fully saturated rings. The van der Waals surface area contributed by atoms with Gasteiger partial charge < -0.3 is 16.8 Å². The Balaban J connectivity index is 3.62. The van der Waals surface area contributed by atoms with E-state index in [1.54, 1.807) is 0 Å². The minimum absolute atomic E-state index is 0.0450. The molecule has 0 saturated carbocycles. The zero-order chi connectivity index (χ0) is 11.0. The van der Waals surface area contributed by atoms with Crippen molar-refractivity contribution < 1.29 is 4.79 Å². The molecule has 0 aliphatic carbocycles. The van der Waals surface area contributed by atoms with Gasteiger partial charge in [-0.3, -0.25) is 4.79 Å². The largest absolute Gasteiger partial charge is 0.355 e. The Morgan fingerprint density at radius 2 is 2.07 bits per heavy atom. The molecular weight excluding hydrogens is 178 g/mol. The van der Waals surface area contributed by atoms with Gasteiger partial charge >= 0.3 is 0 Å². The molecule has 14 heavy (non-hydrogen) atoms. The zero-order valence-electron chi connectivity index (χ0n) is 9.25. The highest BCUT2D eigenvalue weighted by Crippen LogP contribution is 2.04. The molecule has 1 amide bonds. The van der Waals surface area contributed by atoms with Gasteiger partial charge in [0.1, 0.15) is 0 Å². The van der Waals surface area contributed by atoms with Crippen LogP contribution in [0.5, 0.6) is 0 Å². The van der Waals surface area contributed by atoms with E-state index in [9.17, 15) is 4.79 Å². The summed E-state index contributed by atoms with van der Waals surface area (Å²) in [6, 6.07) is -0.377. The molecule has 0 bridgehead atoms. The quantitative estimate of drug-likeness (QED) is 0.515. The fraction of sp³-hybridized carbons (Fsp3) is 0.900. The van der Waals surface area contributed by atoms with Crippen LogP contribution in [0, 0.1) is 5.92 Å². The summed E-state index contributed by atoms with van der Waals surface area (Å²) >= 11 is 0. The van der Waals surface area contributed by atoms with Crippen molar-refractivity contribution in [3.63, 3.8) is 0 Å². The summed E-state index contributed by atoms with van der Waals surface area (Å²) in [5, 5.41) is 2.81. The summed E-state index contributed by atoms with van der Waals surface area (Å²) in [7, 11) is 0. The molecule has 0 aliphatic heterocycles. The predicted octanol–water partition coefficient (Wildman–Crippen LogP) is 0.215. The molecule has 0 aromatic heterocycles. The highest BCUT2D eigenvalue weighted by atomic mass is 16.2. The molecule has 0 aliphatic rings. The molecule has 0 spiro atoms. The second-order valence-electron chi connectivity index (χ2n) is 3.70. The Hall–Kier alpha value is -0.610. The number of carbonyl (C=O) groups excluding carboxylic acids is 1. The van der Waals surface area contributed by atoms with E-state index in [-0.39, 0.29) is 17.9 Å². The van der Waals surface area contributed by atoms with Crippen molar-refractivity contribution >= 4 is 5.91 Å². The minimum atomic E-state index is -0.377. The van der Waals surface area contributed by atoms with Crippen molar-refractivity contribution in [2.75, 3.05) is 13.1 Å². The SMILES string of the molecule is CC[C@H](C)[C@H](N)C(=O)NCCCCN. The number of rotatable bonds is 7. The summed E-state index contributed by atoms with van der Waals surface area (Å²) in [4.78, 5) is 11.4. The molecule has 4 nitrogen and oxygen atoms in total. The van der Waals surface area contributed by atoms with Crippen LogP contribution in [0.2, 0.25) is 0 Å². The van der Waals surface area contributed by atoms with Gasteiger partial charge in [-0.1, -0.05) is 20.3 Å². The number of hydrogen-bond acceptors (Lipinski definition) is 3. The van der Waals surface area contributed by atoms with Crippen LogP contribution < -0.4 is 16.8 Å². The van der Waals surface area contributed by atoms with Crippen LogP contribution in [0.25, 0.3) is 0 Å². The maximum Gasteiger partial charge on any atom is 0.237 e. The van der Waals surface area contributed by atoms with Crippen molar-refractivity contribution in [2.45, 2.75) is 39.2 Å². The molecule has 0 rings (SSSR count). The standard InChI is InChI=1S/C10H23N3O/c1-3-8(2)9(12)10(14)13-7-5-4-6-11/h8-9H,3-7,11-12H2,1-2H3,(H,13,14)/t8-,9-/m0/s1. The van der Waals surface area contributed by atoms with Crippen LogP contribution in [-0.2, 0) is 4.79 Å². The van der Waals surface area contributed by atoms with E-state index < -0.39 is 0 Å². The van der Waals surface area contributed by atoms with Gasteiger partial charge in [-0.15, -0.1) is 0 Å². The average Bonchev–Trinajstić information content (AvgIpc) is 2.21. The first-order valence-corrected chi connectivity index (χ1v) is 5.36. The lowest BCUT2D eigenvalue weighted by atomic mass is 9.99. The first-order chi connectivity index (χ1) is 6.63. The summed E-state index contributed by atoms with van der Waals surface area (Å²) in [5.41, 5.74) is 11.1. The number of amides is 1. The van der Waals surface area contributed by atoms with Crippen LogP contribution >= 0.6 is 0 Å². The number of hydrogen-bond donors (Lipinski definition) is 3. The van der Waals surface area contributed by atoms with Gasteiger partial charge in [0.25, 0.3) is 0 Å². The van der Waals surface area contributed by atoms with Crippen LogP contribution in [0.15, 0.2) is 0 Å². The molecule has 2 atom stereocenters. The third kappa shape index (κ3) is 5.19.